The molecule has 1 aliphatic rings. The summed E-state index contributed by atoms with van der Waals surface area (Å²) in [6.07, 6.45) is 5.95. The molecule has 0 unspecified atom stereocenters. The molecule has 0 amide bonds. The Balaban J connectivity index is 2.26. The number of para-hydroxylation sites is 1. The molecule has 2 heteroatoms. The molecule has 0 aliphatic heterocycles. The van der Waals surface area contributed by atoms with Crippen LogP contribution >= 0.6 is 0 Å². The molecule has 0 atom stereocenters. The van der Waals surface area contributed by atoms with Gasteiger partial charge in [0.1, 0.15) is 0 Å². The maximum atomic E-state index is 5.00. The molecule has 102 valence electrons. The highest BCUT2D eigenvalue weighted by Gasteiger charge is 2.21. The number of benzene rings is 1. The lowest BCUT2D eigenvalue weighted by molar-refractivity contribution is 0.669. The standard InChI is InChI=1S/C18H20N2/c1-3-14-18-17(12-8-4-6-10-15(12)19-14)13-9-5-7-11-16(13)20(18)2/h5,7,9,11H,3-4,6,8,10H2,1-2H3. The molecule has 2 nitrogen and oxygen atoms in total. The van der Waals surface area contributed by atoms with E-state index in [1.165, 1.54) is 58.0 Å². The average Bonchev–Trinajstić information content (AvgIpc) is 2.81. The maximum Gasteiger partial charge on any atom is 0.0710 e. The first-order valence-corrected chi connectivity index (χ1v) is 7.69. The number of nitrogens with zero attached hydrogens (tertiary/aromatic N) is 2. The first-order chi connectivity index (χ1) is 9.81. The van der Waals surface area contributed by atoms with E-state index in [-0.39, 0.29) is 0 Å². The van der Waals surface area contributed by atoms with E-state index in [0.29, 0.717) is 0 Å². The van der Waals surface area contributed by atoms with E-state index < -0.39 is 0 Å². The van der Waals surface area contributed by atoms with Gasteiger partial charge in [0, 0.05) is 29.0 Å². The number of aryl methyl sites for hydroxylation is 4. The van der Waals surface area contributed by atoms with Gasteiger partial charge in [-0.25, -0.2) is 0 Å². The number of hydrogen-bond donors (Lipinski definition) is 0. The minimum absolute atomic E-state index is 1.01. The summed E-state index contributed by atoms with van der Waals surface area (Å²) in [6.45, 7) is 2.22. The summed E-state index contributed by atoms with van der Waals surface area (Å²) in [5.41, 5.74) is 6.82. The van der Waals surface area contributed by atoms with Gasteiger partial charge in [0.15, 0.2) is 0 Å². The molecular formula is C18H20N2. The second-order valence-corrected chi connectivity index (χ2v) is 5.84. The topological polar surface area (TPSA) is 17.8 Å². The fraction of sp³-hybridized carbons (Fsp3) is 0.389. The number of rotatable bonds is 1. The van der Waals surface area contributed by atoms with Crippen molar-refractivity contribution in [2.75, 3.05) is 0 Å². The molecule has 0 saturated heterocycles. The van der Waals surface area contributed by atoms with Crippen molar-refractivity contribution in [3.63, 3.8) is 0 Å². The van der Waals surface area contributed by atoms with Crippen LogP contribution in [0.1, 0.15) is 36.7 Å². The number of pyridine rings is 1. The predicted octanol–water partition coefficient (Wildman–Crippen LogP) is 4.17. The van der Waals surface area contributed by atoms with Crippen molar-refractivity contribution in [1.82, 2.24) is 9.55 Å². The van der Waals surface area contributed by atoms with Crippen LogP contribution in [0.25, 0.3) is 21.8 Å². The van der Waals surface area contributed by atoms with E-state index >= 15 is 0 Å². The van der Waals surface area contributed by atoms with Crippen molar-refractivity contribution in [2.45, 2.75) is 39.0 Å². The Morgan fingerprint density at radius 3 is 2.80 bits per heavy atom. The van der Waals surface area contributed by atoms with Crippen LogP contribution in [0.5, 0.6) is 0 Å². The van der Waals surface area contributed by atoms with E-state index in [0.717, 1.165) is 12.8 Å². The Morgan fingerprint density at radius 2 is 1.95 bits per heavy atom. The van der Waals surface area contributed by atoms with Crippen LogP contribution < -0.4 is 0 Å². The fourth-order valence-corrected chi connectivity index (χ4v) is 3.78. The zero-order chi connectivity index (χ0) is 13.7. The molecule has 0 radical (unpaired) electrons. The lowest BCUT2D eigenvalue weighted by atomic mass is 9.91. The lowest BCUT2D eigenvalue weighted by Crippen LogP contribution is -2.09. The van der Waals surface area contributed by atoms with Gasteiger partial charge in [0.05, 0.1) is 11.2 Å². The molecular weight excluding hydrogens is 244 g/mol. The Labute approximate surface area is 119 Å². The minimum atomic E-state index is 1.01. The lowest BCUT2D eigenvalue weighted by Gasteiger charge is -2.18. The van der Waals surface area contributed by atoms with E-state index in [9.17, 15) is 0 Å². The van der Waals surface area contributed by atoms with Crippen LogP contribution in [0.2, 0.25) is 0 Å². The van der Waals surface area contributed by atoms with Crippen molar-refractivity contribution < 1.29 is 0 Å². The van der Waals surface area contributed by atoms with Crippen LogP contribution in [0.4, 0.5) is 0 Å². The van der Waals surface area contributed by atoms with Crippen LogP contribution in [0, 0.1) is 0 Å². The zero-order valence-corrected chi connectivity index (χ0v) is 12.2. The molecule has 20 heavy (non-hydrogen) atoms. The minimum Gasteiger partial charge on any atom is -0.342 e. The van der Waals surface area contributed by atoms with Crippen molar-refractivity contribution in [3.8, 4) is 0 Å². The van der Waals surface area contributed by atoms with Crippen molar-refractivity contribution in [2.24, 2.45) is 7.05 Å². The molecule has 3 aromatic rings. The van der Waals surface area contributed by atoms with Gasteiger partial charge in [0.25, 0.3) is 0 Å². The number of hydrogen-bond acceptors (Lipinski definition) is 1. The van der Waals surface area contributed by atoms with Gasteiger partial charge in [-0.3, -0.25) is 4.98 Å². The summed E-state index contributed by atoms with van der Waals surface area (Å²) >= 11 is 0. The second kappa shape index (κ2) is 4.34. The Kier molecular flexibility index (Phi) is 2.59. The average molecular weight is 264 g/mol. The normalized spacial score (nSPS) is 14.9. The van der Waals surface area contributed by atoms with Crippen LogP contribution in [0.15, 0.2) is 24.3 Å². The van der Waals surface area contributed by atoms with Crippen LogP contribution in [-0.2, 0) is 26.3 Å². The summed E-state index contributed by atoms with van der Waals surface area (Å²) in [5.74, 6) is 0. The van der Waals surface area contributed by atoms with E-state index in [4.69, 9.17) is 4.98 Å². The molecule has 0 spiro atoms. The van der Waals surface area contributed by atoms with Crippen LogP contribution in [-0.4, -0.2) is 9.55 Å². The summed E-state index contributed by atoms with van der Waals surface area (Å²) in [7, 11) is 2.18. The molecule has 1 aromatic carbocycles. The first kappa shape index (κ1) is 12.0. The third-order valence-corrected chi connectivity index (χ3v) is 4.73. The van der Waals surface area contributed by atoms with Gasteiger partial charge in [-0.05, 0) is 43.7 Å². The molecule has 1 aliphatic carbocycles. The van der Waals surface area contributed by atoms with Gasteiger partial charge in [-0.15, -0.1) is 0 Å². The van der Waals surface area contributed by atoms with Crippen molar-refractivity contribution in [1.29, 1.82) is 0 Å². The summed E-state index contributed by atoms with van der Waals surface area (Å²) in [6, 6.07) is 8.78. The Morgan fingerprint density at radius 1 is 1.15 bits per heavy atom. The van der Waals surface area contributed by atoms with Gasteiger partial charge in [-0.2, -0.15) is 0 Å². The molecule has 2 aromatic heterocycles. The molecule has 0 saturated carbocycles. The third kappa shape index (κ3) is 1.48. The third-order valence-electron chi connectivity index (χ3n) is 4.73. The predicted molar refractivity (Wildman–Crippen MR) is 84.2 cm³/mol. The van der Waals surface area contributed by atoms with E-state index in [2.05, 4.69) is 42.8 Å². The van der Waals surface area contributed by atoms with Gasteiger partial charge in [0.2, 0.25) is 0 Å². The monoisotopic (exact) mass is 264 g/mol. The highest BCUT2D eigenvalue weighted by atomic mass is 15.0. The second-order valence-electron chi connectivity index (χ2n) is 5.84. The zero-order valence-electron chi connectivity index (χ0n) is 12.2. The number of aromatic nitrogens is 2. The van der Waals surface area contributed by atoms with Crippen molar-refractivity contribution in [3.05, 3.63) is 41.2 Å². The molecule has 0 N–H and O–H groups in total. The van der Waals surface area contributed by atoms with Gasteiger partial charge >= 0.3 is 0 Å². The molecule has 0 bridgehead atoms. The summed E-state index contributed by atoms with van der Waals surface area (Å²) in [5, 5.41) is 2.88. The SMILES string of the molecule is CCc1nc2c(c3c4ccccc4n(C)c13)CCCC2. The molecule has 0 fully saturated rings. The summed E-state index contributed by atoms with van der Waals surface area (Å²) < 4.78 is 2.34. The largest absolute Gasteiger partial charge is 0.342 e. The van der Waals surface area contributed by atoms with Crippen LogP contribution in [0.3, 0.4) is 0 Å². The summed E-state index contributed by atoms with van der Waals surface area (Å²) in [4.78, 5) is 5.00. The van der Waals surface area contributed by atoms with Crippen molar-refractivity contribution >= 4 is 21.8 Å². The van der Waals surface area contributed by atoms with Gasteiger partial charge in [-0.1, -0.05) is 25.1 Å². The van der Waals surface area contributed by atoms with Gasteiger partial charge < -0.3 is 4.57 Å². The molecule has 2 heterocycles. The highest BCUT2D eigenvalue weighted by Crippen LogP contribution is 2.36. The quantitative estimate of drug-likeness (QED) is 0.645. The fourth-order valence-electron chi connectivity index (χ4n) is 3.78. The Bertz CT molecular complexity index is 811. The number of fused-ring (bicyclic) bond motifs is 5. The smallest absolute Gasteiger partial charge is 0.0710 e. The van der Waals surface area contributed by atoms with E-state index in [1.807, 2.05) is 0 Å². The Hall–Kier alpha value is -1.83. The first-order valence-electron chi connectivity index (χ1n) is 7.69. The van der Waals surface area contributed by atoms with E-state index in [1.54, 1.807) is 0 Å². The molecule has 4 rings (SSSR count). The highest BCUT2D eigenvalue weighted by molar-refractivity contribution is 6.10. The maximum absolute atomic E-state index is 5.00.